The molecular weight excluding hydrogens is 412 g/mol. The molecule has 0 aliphatic rings. The lowest BCUT2D eigenvalue weighted by molar-refractivity contribution is 0.0940. The fourth-order valence-electron chi connectivity index (χ4n) is 3.53. The van der Waals surface area contributed by atoms with E-state index in [9.17, 15) is 4.79 Å². The van der Waals surface area contributed by atoms with Gasteiger partial charge in [0.25, 0.3) is 5.91 Å². The molecular formula is C27H26N4O2. The third kappa shape index (κ3) is 5.54. The molecule has 0 aliphatic carbocycles. The molecule has 2 N–H and O–H groups in total. The van der Waals surface area contributed by atoms with E-state index in [0.717, 1.165) is 28.3 Å². The molecule has 0 radical (unpaired) electrons. The van der Waals surface area contributed by atoms with Crippen molar-refractivity contribution in [3.05, 3.63) is 102 Å². The zero-order valence-electron chi connectivity index (χ0n) is 18.9. The molecule has 1 atom stereocenters. The van der Waals surface area contributed by atoms with Crippen molar-refractivity contribution in [1.29, 1.82) is 0 Å². The van der Waals surface area contributed by atoms with Crippen LogP contribution in [0.5, 0.6) is 5.75 Å². The van der Waals surface area contributed by atoms with Gasteiger partial charge in [-0.15, -0.1) is 0 Å². The second-order valence-corrected chi connectivity index (χ2v) is 7.73. The Labute approximate surface area is 193 Å². The first-order valence-corrected chi connectivity index (χ1v) is 10.7. The van der Waals surface area contributed by atoms with Crippen LogP contribution in [0.25, 0.3) is 11.3 Å². The van der Waals surface area contributed by atoms with Crippen LogP contribution < -0.4 is 15.4 Å². The van der Waals surface area contributed by atoms with Crippen molar-refractivity contribution in [1.82, 2.24) is 15.3 Å². The largest absolute Gasteiger partial charge is 0.497 e. The number of hydrogen-bond acceptors (Lipinski definition) is 5. The Bertz CT molecular complexity index is 1240. The molecule has 4 rings (SSSR count). The van der Waals surface area contributed by atoms with Crippen LogP contribution in [0.1, 0.15) is 34.7 Å². The normalized spacial score (nSPS) is 11.5. The lowest BCUT2D eigenvalue weighted by atomic mass is 10.1. The van der Waals surface area contributed by atoms with Gasteiger partial charge in [0.15, 0.2) is 0 Å². The summed E-state index contributed by atoms with van der Waals surface area (Å²) in [6, 6.07) is 26.8. The van der Waals surface area contributed by atoms with Crippen molar-refractivity contribution < 1.29 is 9.53 Å². The molecule has 6 nitrogen and oxygen atoms in total. The molecule has 1 unspecified atom stereocenters. The summed E-state index contributed by atoms with van der Waals surface area (Å²) in [4.78, 5) is 21.9. The summed E-state index contributed by atoms with van der Waals surface area (Å²) in [7, 11) is 1.63. The van der Waals surface area contributed by atoms with E-state index in [1.165, 1.54) is 0 Å². The van der Waals surface area contributed by atoms with Gasteiger partial charge in [-0.1, -0.05) is 48.5 Å². The van der Waals surface area contributed by atoms with E-state index in [-0.39, 0.29) is 11.9 Å². The van der Waals surface area contributed by atoms with Gasteiger partial charge in [-0.25, -0.2) is 9.97 Å². The molecule has 1 heterocycles. The SMILES string of the molecule is COc1ccc(C(C)NC(=O)c2cccc(Nc3cc(-c4ccccc4)nc(C)n3)c2)cc1. The summed E-state index contributed by atoms with van der Waals surface area (Å²) >= 11 is 0. The zero-order valence-corrected chi connectivity index (χ0v) is 18.9. The Morgan fingerprint density at radius 1 is 0.909 bits per heavy atom. The smallest absolute Gasteiger partial charge is 0.251 e. The van der Waals surface area contributed by atoms with Gasteiger partial charge in [0.1, 0.15) is 17.4 Å². The van der Waals surface area contributed by atoms with Gasteiger partial charge < -0.3 is 15.4 Å². The number of nitrogens with zero attached hydrogens (tertiary/aromatic N) is 2. The summed E-state index contributed by atoms with van der Waals surface area (Å²) < 4.78 is 5.20. The van der Waals surface area contributed by atoms with Crippen LogP contribution in [-0.4, -0.2) is 23.0 Å². The van der Waals surface area contributed by atoms with Gasteiger partial charge in [0.2, 0.25) is 0 Å². The number of carbonyl (C=O) groups is 1. The molecule has 0 spiro atoms. The molecule has 0 saturated heterocycles. The van der Waals surface area contributed by atoms with E-state index in [2.05, 4.69) is 20.6 Å². The van der Waals surface area contributed by atoms with Crippen LogP contribution in [0.2, 0.25) is 0 Å². The first-order chi connectivity index (χ1) is 16.0. The minimum atomic E-state index is -0.147. The summed E-state index contributed by atoms with van der Waals surface area (Å²) in [5.74, 6) is 1.98. The molecule has 1 amide bonds. The molecule has 0 saturated carbocycles. The third-order valence-electron chi connectivity index (χ3n) is 5.27. The Morgan fingerprint density at radius 2 is 1.67 bits per heavy atom. The van der Waals surface area contributed by atoms with Crippen molar-refractivity contribution in [2.45, 2.75) is 19.9 Å². The second kappa shape index (κ2) is 9.96. The van der Waals surface area contributed by atoms with Gasteiger partial charge in [0, 0.05) is 22.9 Å². The monoisotopic (exact) mass is 438 g/mol. The Kier molecular flexibility index (Phi) is 6.64. The molecule has 0 fully saturated rings. The lowest BCUT2D eigenvalue weighted by Crippen LogP contribution is -2.26. The molecule has 0 aliphatic heterocycles. The summed E-state index contributed by atoms with van der Waals surface area (Å²) in [6.45, 7) is 3.82. The lowest BCUT2D eigenvalue weighted by Gasteiger charge is -2.15. The Balaban J connectivity index is 1.48. The zero-order chi connectivity index (χ0) is 23.2. The molecule has 3 aromatic carbocycles. The van der Waals surface area contributed by atoms with Crippen LogP contribution in [0, 0.1) is 6.92 Å². The topological polar surface area (TPSA) is 76.1 Å². The highest BCUT2D eigenvalue weighted by Gasteiger charge is 2.13. The van der Waals surface area contributed by atoms with Crippen LogP contribution >= 0.6 is 0 Å². The number of aromatic nitrogens is 2. The maximum atomic E-state index is 12.9. The number of hydrogen-bond donors (Lipinski definition) is 2. The van der Waals surface area contributed by atoms with Crippen molar-refractivity contribution >= 4 is 17.4 Å². The highest BCUT2D eigenvalue weighted by molar-refractivity contribution is 5.95. The Hall–Kier alpha value is -4.19. The van der Waals surface area contributed by atoms with Gasteiger partial charge in [0.05, 0.1) is 18.8 Å². The minimum absolute atomic E-state index is 0.141. The van der Waals surface area contributed by atoms with E-state index in [1.807, 2.05) is 92.7 Å². The fourth-order valence-corrected chi connectivity index (χ4v) is 3.53. The van der Waals surface area contributed by atoms with E-state index in [0.29, 0.717) is 17.2 Å². The predicted molar refractivity (Wildman–Crippen MR) is 131 cm³/mol. The number of benzene rings is 3. The van der Waals surface area contributed by atoms with E-state index in [1.54, 1.807) is 13.2 Å². The van der Waals surface area contributed by atoms with Gasteiger partial charge in [-0.3, -0.25) is 4.79 Å². The first kappa shape index (κ1) is 22.0. The molecule has 6 heteroatoms. The number of rotatable bonds is 7. The maximum absolute atomic E-state index is 12.9. The fraction of sp³-hybridized carbons (Fsp3) is 0.148. The van der Waals surface area contributed by atoms with Crippen molar-refractivity contribution in [3.8, 4) is 17.0 Å². The van der Waals surface area contributed by atoms with Crippen molar-refractivity contribution in [2.75, 3.05) is 12.4 Å². The van der Waals surface area contributed by atoms with Gasteiger partial charge in [-0.2, -0.15) is 0 Å². The van der Waals surface area contributed by atoms with Crippen LogP contribution in [0.15, 0.2) is 84.9 Å². The quantitative estimate of drug-likeness (QED) is 0.387. The van der Waals surface area contributed by atoms with Crippen LogP contribution in [0.3, 0.4) is 0 Å². The first-order valence-electron chi connectivity index (χ1n) is 10.7. The number of ether oxygens (including phenoxy) is 1. The van der Waals surface area contributed by atoms with Gasteiger partial charge in [-0.05, 0) is 49.7 Å². The molecule has 0 bridgehead atoms. The minimum Gasteiger partial charge on any atom is -0.497 e. The average molecular weight is 439 g/mol. The Morgan fingerprint density at radius 3 is 2.39 bits per heavy atom. The van der Waals surface area contributed by atoms with E-state index >= 15 is 0 Å². The van der Waals surface area contributed by atoms with Crippen molar-refractivity contribution in [2.24, 2.45) is 0 Å². The number of anilines is 2. The molecule has 33 heavy (non-hydrogen) atoms. The number of amides is 1. The summed E-state index contributed by atoms with van der Waals surface area (Å²) in [6.07, 6.45) is 0. The van der Waals surface area contributed by atoms with Gasteiger partial charge >= 0.3 is 0 Å². The molecule has 1 aromatic heterocycles. The number of methoxy groups -OCH3 is 1. The summed E-state index contributed by atoms with van der Waals surface area (Å²) in [5.41, 5.74) is 4.20. The maximum Gasteiger partial charge on any atom is 0.251 e. The second-order valence-electron chi connectivity index (χ2n) is 7.73. The average Bonchev–Trinajstić information content (AvgIpc) is 2.84. The van der Waals surface area contributed by atoms with Crippen LogP contribution in [0.4, 0.5) is 11.5 Å². The van der Waals surface area contributed by atoms with E-state index < -0.39 is 0 Å². The predicted octanol–water partition coefficient (Wildman–Crippen LogP) is 5.70. The molecule has 4 aromatic rings. The van der Waals surface area contributed by atoms with E-state index in [4.69, 9.17) is 4.74 Å². The third-order valence-corrected chi connectivity index (χ3v) is 5.27. The molecule has 166 valence electrons. The summed E-state index contributed by atoms with van der Waals surface area (Å²) in [5, 5.41) is 6.35. The number of carbonyl (C=O) groups excluding carboxylic acids is 1. The number of aryl methyl sites for hydroxylation is 1. The highest BCUT2D eigenvalue weighted by atomic mass is 16.5. The highest BCUT2D eigenvalue weighted by Crippen LogP contribution is 2.23. The van der Waals surface area contributed by atoms with Crippen molar-refractivity contribution in [3.63, 3.8) is 0 Å². The van der Waals surface area contributed by atoms with Crippen LogP contribution in [-0.2, 0) is 0 Å². The number of nitrogens with one attached hydrogen (secondary N) is 2. The standard InChI is InChI=1S/C27H26N4O2/c1-18(20-12-14-24(33-3)15-13-20)28-27(32)22-10-7-11-23(16-22)31-26-17-25(29-19(2)30-26)21-8-5-4-6-9-21/h4-18H,1-3H3,(H,28,32)(H,29,30,31).